The van der Waals surface area contributed by atoms with E-state index in [2.05, 4.69) is 5.32 Å². The van der Waals surface area contributed by atoms with Gasteiger partial charge >= 0.3 is 0 Å². The van der Waals surface area contributed by atoms with E-state index in [-0.39, 0.29) is 5.91 Å². The van der Waals surface area contributed by atoms with Crippen molar-refractivity contribution >= 4 is 5.91 Å². The van der Waals surface area contributed by atoms with E-state index in [0.29, 0.717) is 18.2 Å². The van der Waals surface area contributed by atoms with Crippen molar-refractivity contribution in [3.05, 3.63) is 29.3 Å². The Morgan fingerprint density at radius 3 is 2.43 bits per heavy atom. The number of likely N-dealkylation sites (N-methyl/N-ethyl adjacent to an activating group) is 1. The van der Waals surface area contributed by atoms with E-state index < -0.39 is 23.5 Å². The van der Waals surface area contributed by atoms with Crippen LogP contribution >= 0.6 is 0 Å². The van der Waals surface area contributed by atoms with Crippen molar-refractivity contribution in [2.24, 2.45) is 0 Å². The van der Waals surface area contributed by atoms with Crippen LogP contribution in [-0.2, 0) is 11.3 Å². The van der Waals surface area contributed by atoms with Gasteiger partial charge in [-0.3, -0.25) is 4.79 Å². The largest absolute Gasteiger partial charge is 0.475 e. The fourth-order valence-electron chi connectivity index (χ4n) is 1.97. The number of nitrogens with zero attached hydrogens (tertiary/aromatic N) is 1. The Balaban J connectivity index is 2.06. The Labute approximate surface area is 123 Å². The van der Waals surface area contributed by atoms with Gasteiger partial charge in [0.1, 0.15) is 0 Å². The van der Waals surface area contributed by atoms with Crippen LogP contribution in [0.5, 0.6) is 5.75 Å². The van der Waals surface area contributed by atoms with Crippen molar-refractivity contribution in [3.8, 4) is 5.75 Å². The molecule has 1 aliphatic carbocycles. The molecule has 0 spiro atoms. The van der Waals surface area contributed by atoms with E-state index in [1.807, 2.05) is 0 Å². The van der Waals surface area contributed by atoms with Crippen molar-refractivity contribution in [1.82, 2.24) is 10.2 Å². The molecule has 4 nitrogen and oxygen atoms in total. The maximum atomic E-state index is 14.0. The van der Waals surface area contributed by atoms with Gasteiger partial charge in [-0.2, -0.15) is 0 Å². The number of carbonyl (C=O) groups is 1. The molecule has 1 amide bonds. The Hall–Kier alpha value is -1.69. The average molecular weight is 298 g/mol. The minimum atomic E-state index is -0.945. The van der Waals surface area contributed by atoms with Crippen LogP contribution in [0.4, 0.5) is 8.78 Å². The van der Waals surface area contributed by atoms with Gasteiger partial charge in [0.15, 0.2) is 23.5 Å². The number of nitrogens with one attached hydrogen (secondary N) is 1. The zero-order valence-electron chi connectivity index (χ0n) is 12.5. The highest BCUT2D eigenvalue weighted by molar-refractivity contribution is 5.80. The third-order valence-corrected chi connectivity index (χ3v) is 3.31. The normalized spacial score (nSPS) is 15.7. The molecule has 1 aromatic carbocycles. The first-order valence-corrected chi connectivity index (χ1v) is 6.97. The first-order valence-electron chi connectivity index (χ1n) is 6.97. The van der Waals surface area contributed by atoms with Crippen LogP contribution in [0.25, 0.3) is 0 Å². The highest BCUT2D eigenvalue weighted by Gasteiger charge is 2.23. The second-order valence-corrected chi connectivity index (χ2v) is 5.54. The number of halogens is 2. The van der Waals surface area contributed by atoms with Gasteiger partial charge in [-0.05, 0) is 37.5 Å². The van der Waals surface area contributed by atoms with Crippen molar-refractivity contribution in [2.75, 3.05) is 14.1 Å². The van der Waals surface area contributed by atoms with Gasteiger partial charge in [-0.1, -0.05) is 0 Å². The van der Waals surface area contributed by atoms with Crippen LogP contribution in [0.15, 0.2) is 12.1 Å². The third kappa shape index (κ3) is 4.14. The summed E-state index contributed by atoms with van der Waals surface area (Å²) < 4.78 is 33.0. The molecule has 0 bridgehead atoms. The number of rotatable bonds is 6. The molecule has 1 saturated carbocycles. The molecule has 116 valence electrons. The summed E-state index contributed by atoms with van der Waals surface area (Å²) in [6.07, 6.45) is 1.27. The summed E-state index contributed by atoms with van der Waals surface area (Å²) in [5.41, 5.74) is 0.524. The van der Waals surface area contributed by atoms with Crippen molar-refractivity contribution < 1.29 is 18.3 Å². The van der Waals surface area contributed by atoms with Gasteiger partial charge in [0.2, 0.25) is 0 Å². The standard InChI is InChI=1S/C15H20F2N2O2/c1-9(15(20)19(2)3)21-14-12(16)6-10(7-13(14)17)8-18-11-4-5-11/h6-7,9,11,18H,4-5,8H2,1-3H3. The van der Waals surface area contributed by atoms with Crippen LogP contribution in [0.3, 0.4) is 0 Å². The first kappa shape index (κ1) is 15.7. The Kier molecular flexibility index (Phi) is 4.77. The van der Waals surface area contributed by atoms with E-state index >= 15 is 0 Å². The minimum absolute atomic E-state index is 0.353. The number of benzene rings is 1. The summed E-state index contributed by atoms with van der Waals surface area (Å²) in [6, 6.07) is 2.94. The molecular weight excluding hydrogens is 278 g/mol. The molecule has 1 unspecified atom stereocenters. The SMILES string of the molecule is CC(Oc1c(F)cc(CNC2CC2)cc1F)C(=O)N(C)C. The maximum absolute atomic E-state index is 14.0. The van der Waals surface area contributed by atoms with Crippen LogP contribution in [-0.4, -0.2) is 37.0 Å². The monoisotopic (exact) mass is 298 g/mol. The Morgan fingerprint density at radius 2 is 1.95 bits per heavy atom. The van der Waals surface area contributed by atoms with E-state index in [9.17, 15) is 13.6 Å². The lowest BCUT2D eigenvalue weighted by molar-refractivity contribution is -0.135. The molecule has 0 aliphatic heterocycles. The van der Waals surface area contributed by atoms with Crippen molar-refractivity contribution in [2.45, 2.75) is 38.5 Å². The Morgan fingerprint density at radius 1 is 1.38 bits per heavy atom. The summed E-state index contributed by atoms with van der Waals surface area (Å²) in [7, 11) is 3.11. The first-order chi connectivity index (χ1) is 9.88. The zero-order valence-corrected chi connectivity index (χ0v) is 12.5. The summed E-state index contributed by atoms with van der Waals surface area (Å²) >= 11 is 0. The summed E-state index contributed by atoms with van der Waals surface area (Å²) in [5, 5.41) is 3.19. The van der Waals surface area contributed by atoms with E-state index in [0.717, 1.165) is 12.8 Å². The molecule has 1 aliphatic rings. The van der Waals surface area contributed by atoms with E-state index in [4.69, 9.17) is 4.74 Å². The van der Waals surface area contributed by atoms with Crippen LogP contribution < -0.4 is 10.1 Å². The van der Waals surface area contributed by atoms with Crippen molar-refractivity contribution in [3.63, 3.8) is 0 Å². The summed E-state index contributed by atoms with van der Waals surface area (Å²) in [4.78, 5) is 13.0. The number of amides is 1. The highest BCUT2D eigenvalue weighted by atomic mass is 19.1. The van der Waals surface area contributed by atoms with Crippen LogP contribution in [0.2, 0.25) is 0 Å². The fraction of sp³-hybridized carbons (Fsp3) is 0.533. The predicted octanol–water partition coefficient (Wildman–Crippen LogP) is 2.07. The number of carbonyl (C=O) groups excluding carboxylic acids is 1. The van der Waals surface area contributed by atoms with E-state index in [1.54, 1.807) is 14.1 Å². The second-order valence-electron chi connectivity index (χ2n) is 5.54. The molecule has 0 aromatic heterocycles. The Bertz CT molecular complexity index is 507. The quantitative estimate of drug-likeness (QED) is 0.874. The van der Waals surface area contributed by atoms with Gasteiger partial charge in [0.25, 0.3) is 5.91 Å². The lowest BCUT2D eigenvalue weighted by atomic mass is 10.2. The summed E-state index contributed by atoms with van der Waals surface area (Å²) in [5.74, 6) is -2.44. The van der Waals surface area contributed by atoms with Gasteiger partial charge in [0.05, 0.1) is 0 Å². The van der Waals surface area contributed by atoms with Gasteiger partial charge < -0.3 is 15.0 Å². The lowest BCUT2D eigenvalue weighted by Gasteiger charge is -2.19. The third-order valence-electron chi connectivity index (χ3n) is 3.31. The number of ether oxygens (including phenoxy) is 1. The minimum Gasteiger partial charge on any atom is -0.475 e. The van der Waals surface area contributed by atoms with Crippen LogP contribution in [0.1, 0.15) is 25.3 Å². The molecule has 0 saturated heterocycles. The van der Waals surface area contributed by atoms with Crippen molar-refractivity contribution in [1.29, 1.82) is 0 Å². The smallest absolute Gasteiger partial charge is 0.262 e. The van der Waals surface area contributed by atoms with E-state index in [1.165, 1.54) is 24.0 Å². The summed E-state index contributed by atoms with van der Waals surface area (Å²) in [6.45, 7) is 1.88. The fourth-order valence-corrected chi connectivity index (χ4v) is 1.97. The molecule has 1 aromatic rings. The molecule has 0 radical (unpaired) electrons. The van der Waals surface area contributed by atoms with Gasteiger partial charge in [-0.15, -0.1) is 0 Å². The van der Waals surface area contributed by atoms with Crippen LogP contribution in [0, 0.1) is 11.6 Å². The lowest BCUT2D eigenvalue weighted by Crippen LogP contribution is -2.35. The molecular formula is C15H20F2N2O2. The molecule has 21 heavy (non-hydrogen) atoms. The highest BCUT2D eigenvalue weighted by Crippen LogP contribution is 2.25. The maximum Gasteiger partial charge on any atom is 0.262 e. The molecule has 1 fully saturated rings. The molecule has 0 heterocycles. The molecule has 1 atom stereocenters. The topological polar surface area (TPSA) is 41.6 Å². The zero-order chi connectivity index (χ0) is 15.6. The molecule has 6 heteroatoms. The average Bonchev–Trinajstić information content (AvgIpc) is 3.23. The number of hydrogen-bond donors (Lipinski definition) is 1. The molecule has 2 rings (SSSR count). The number of hydrogen-bond acceptors (Lipinski definition) is 3. The van der Waals surface area contributed by atoms with Gasteiger partial charge in [-0.25, -0.2) is 8.78 Å². The predicted molar refractivity (Wildman–Crippen MR) is 75.0 cm³/mol. The second kappa shape index (κ2) is 6.39. The van der Waals surface area contributed by atoms with Gasteiger partial charge in [0, 0.05) is 26.7 Å². The molecule has 1 N–H and O–H groups in total.